The summed E-state index contributed by atoms with van der Waals surface area (Å²) in [4.78, 5) is 7.21. The molecule has 0 saturated heterocycles. The summed E-state index contributed by atoms with van der Waals surface area (Å²) in [5, 5.41) is 0. The standard InChI is InChI=1S/C7H8N2.2Y/c1-2-4-7-6(3-1)8-5-9-7;;/h1,4-5H,2-3H2,(H,8,9);;/q-2;;. The topological polar surface area (TPSA) is 28.7 Å². The molecule has 0 aliphatic heterocycles. The molecule has 0 amide bonds. The minimum Gasteiger partial charge on any atom is -0.380 e. The molecule has 4 heteroatoms. The zero-order chi connectivity index (χ0) is 6.10. The van der Waals surface area contributed by atoms with Crippen LogP contribution in [0.2, 0.25) is 0 Å². The summed E-state index contributed by atoms with van der Waals surface area (Å²) < 4.78 is 0. The van der Waals surface area contributed by atoms with Crippen LogP contribution in [-0.4, -0.2) is 9.97 Å². The van der Waals surface area contributed by atoms with Gasteiger partial charge < -0.3 is 16.4 Å². The van der Waals surface area contributed by atoms with Crippen LogP contribution in [0.4, 0.5) is 0 Å². The van der Waals surface area contributed by atoms with Gasteiger partial charge in [-0.2, -0.15) is 0 Å². The quantitative estimate of drug-likeness (QED) is 0.714. The number of imidazole rings is 1. The van der Waals surface area contributed by atoms with Gasteiger partial charge >= 0.3 is 0 Å². The second-order valence-corrected chi connectivity index (χ2v) is 2.20. The van der Waals surface area contributed by atoms with Gasteiger partial charge in [0.1, 0.15) is 0 Å². The molecule has 0 unspecified atom stereocenters. The molecule has 0 saturated carbocycles. The van der Waals surface area contributed by atoms with Crippen LogP contribution in [0, 0.1) is 12.8 Å². The van der Waals surface area contributed by atoms with Crippen molar-refractivity contribution in [3.8, 4) is 0 Å². The van der Waals surface area contributed by atoms with E-state index < -0.39 is 0 Å². The van der Waals surface area contributed by atoms with E-state index in [2.05, 4.69) is 22.8 Å². The summed E-state index contributed by atoms with van der Waals surface area (Å²) in [5.41, 5.74) is 2.39. The second-order valence-electron chi connectivity index (χ2n) is 2.20. The molecule has 2 nitrogen and oxygen atoms in total. The molecule has 0 fully saturated rings. The Bertz CT molecular complexity index is 189. The van der Waals surface area contributed by atoms with E-state index in [1.54, 1.807) is 6.33 Å². The van der Waals surface area contributed by atoms with Crippen LogP contribution in [0.5, 0.6) is 0 Å². The van der Waals surface area contributed by atoms with E-state index in [1.165, 1.54) is 11.4 Å². The maximum absolute atomic E-state index is 4.14. The zero-order valence-electron chi connectivity index (χ0n) is 6.25. The number of aromatic amines is 1. The van der Waals surface area contributed by atoms with Gasteiger partial charge in [0.25, 0.3) is 0 Å². The minimum absolute atomic E-state index is 0. The molecule has 1 heterocycles. The van der Waals surface area contributed by atoms with Crippen molar-refractivity contribution >= 4 is 0 Å². The normalized spacial score (nSPS) is 13.5. The number of fused-ring (bicyclic) bond motifs is 1. The minimum atomic E-state index is 0. The van der Waals surface area contributed by atoms with Crippen molar-refractivity contribution in [1.82, 2.24) is 9.97 Å². The second kappa shape index (κ2) is 5.85. The molecular formula is C7H8N2Y2-2. The predicted octanol–water partition coefficient (Wildman–Crippen LogP) is 1.11. The number of rotatable bonds is 0. The van der Waals surface area contributed by atoms with Gasteiger partial charge in [-0.25, -0.2) is 19.3 Å². The van der Waals surface area contributed by atoms with Crippen molar-refractivity contribution in [3.63, 3.8) is 0 Å². The third-order valence-corrected chi connectivity index (χ3v) is 1.58. The Morgan fingerprint density at radius 3 is 3.00 bits per heavy atom. The summed E-state index contributed by atoms with van der Waals surface area (Å²) >= 11 is 0. The fourth-order valence-corrected chi connectivity index (χ4v) is 1.09. The monoisotopic (exact) mass is 298 g/mol. The third kappa shape index (κ3) is 2.91. The van der Waals surface area contributed by atoms with Gasteiger partial charge in [0.2, 0.25) is 0 Å². The summed E-state index contributed by atoms with van der Waals surface area (Å²) in [6.07, 6.45) is 8.24. The van der Waals surface area contributed by atoms with Crippen LogP contribution in [0.3, 0.4) is 0 Å². The summed E-state index contributed by atoms with van der Waals surface area (Å²) in [7, 11) is 0. The third-order valence-electron chi connectivity index (χ3n) is 1.58. The van der Waals surface area contributed by atoms with E-state index in [1.807, 2.05) is 0 Å². The number of nitrogens with one attached hydrogen (secondary N) is 1. The van der Waals surface area contributed by atoms with Crippen molar-refractivity contribution in [2.24, 2.45) is 0 Å². The SMILES string of the molecule is [Y].[Y].c1nc2c([nH]1)[CH-]C[CH-]C2. The first-order valence-corrected chi connectivity index (χ1v) is 3.14. The van der Waals surface area contributed by atoms with Crippen LogP contribution in [0.15, 0.2) is 6.33 Å². The Morgan fingerprint density at radius 2 is 2.27 bits per heavy atom. The molecule has 54 valence electrons. The first-order valence-electron chi connectivity index (χ1n) is 3.14. The molecule has 1 aliphatic rings. The number of hydrogen-bond donors (Lipinski definition) is 1. The Kier molecular flexibility index (Phi) is 6.54. The van der Waals surface area contributed by atoms with Gasteiger partial charge in [-0.3, -0.25) is 0 Å². The number of H-pyrrole nitrogens is 1. The molecule has 0 aromatic carbocycles. The fraction of sp³-hybridized carbons (Fsp3) is 0.286. The van der Waals surface area contributed by atoms with Crippen molar-refractivity contribution in [2.45, 2.75) is 12.8 Å². The molecular weight excluding hydrogens is 290 g/mol. The Balaban J connectivity index is 0.000000500. The van der Waals surface area contributed by atoms with Crippen LogP contribution >= 0.6 is 0 Å². The van der Waals surface area contributed by atoms with Gasteiger partial charge in [0.05, 0.1) is 6.33 Å². The van der Waals surface area contributed by atoms with Crippen molar-refractivity contribution in [3.05, 3.63) is 30.6 Å². The molecule has 1 N–H and O–H groups in total. The van der Waals surface area contributed by atoms with Gasteiger partial charge in [-0.05, 0) is 0 Å². The Morgan fingerprint density at radius 1 is 1.45 bits per heavy atom. The Hall–Kier alpha value is 1.29. The number of hydrogen-bond acceptors (Lipinski definition) is 1. The van der Waals surface area contributed by atoms with Crippen molar-refractivity contribution in [2.75, 3.05) is 0 Å². The van der Waals surface area contributed by atoms with Crippen molar-refractivity contribution in [1.29, 1.82) is 0 Å². The van der Waals surface area contributed by atoms with Gasteiger partial charge in [-0.1, -0.05) is 0 Å². The van der Waals surface area contributed by atoms with Crippen LogP contribution in [0.1, 0.15) is 17.8 Å². The molecule has 2 rings (SSSR count). The molecule has 11 heavy (non-hydrogen) atoms. The fourth-order valence-electron chi connectivity index (χ4n) is 1.09. The average molecular weight is 298 g/mol. The molecule has 1 aromatic heterocycles. The van der Waals surface area contributed by atoms with Gasteiger partial charge in [0.15, 0.2) is 0 Å². The van der Waals surface area contributed by atoms with Gasteiger partial charge in [-0.15, -0.1) is 11.4 Å². The molecule has 2 radical (unpaired) electrons. The Labute approximate surface area is 117 Å². The summed E-state index contributed by atoms with van der Waals surface area (Å²) in [6.45, 7) is 0. The van der Waals surface area contributed by atoms with E-state index in [-0.39, 0.29) is 65.4 Å². The zero-order valence-corrected chi connectivity index (χ0v) is 11.9. The van der Waals surface area contributed by atoms with Crippen molar-refractivity contribution < 1.29 is 65.4 Å². The average Bonchev–Trinajstić information content (AvgIpc) is 2.33. The summed E-state index contributed by atoms with van der Waals surface area (Å²) in [6, 6.07) is 0. The van der Waals surface area contributed by atoms with E-state index >= 15 is 0 Å². The van der Waals surface area contributed by atoms with Crippen LogP contribution < -0.4 is 0 Å². The van der Waals surface area contributed by atoms with E-state index in [0.717, 1.165) is 12.8 Å². The largest absolute Gasteiger partial charge is 0.380 e. The van der Waals surface area contributed by atoms with E-state index in [4.69, 9.17) is 0 Å². The molecule has 0 atom stereocenters. The van der Waals surface area contributed by atoms with Crippen LogP contribution in [0.25, 0.3) is 0 Å². The first kappa shape index (κ1) is 12.3. The molecule has 1 aliphatic carbocycles. The number of aromatic nitrogens is 2. The van der Waals surface area contributed by atoms with E-state index in [0.29, 0.717) is 0 Å². The first-order chi connectivity index (χ1) is 4.47. The molecule has 0 spiro atoms. The smallest absolute Gasteiger partial charge is 0.0701 e. The molecule has 1 aromatic rings. The summed E-state index contributed by atoms with van der Waals surface area (Å²) in [5.74, 6) is 0. The number of nitrogens with zero attached hydrogens (tertiary/aromatic N) is 1. The molecule has 0 bridgehead atoms. The van der Waals surface area contributed by atoms with E-state index in [9.17, 15) is 0 Å². The van der Waals surface area contributed by atoms with Crippen LogP contribution in [-0.2, 0) is 71.8 Å². The van der Waals surface area contributed by atoms with Gasteiger partial charge in [0, 0.05) is 65.4 Å². The maximum Gasteiger partial charge on any atom is 0.0701 e. The predicted molar refractivity (Wildman–Crippen MR) is 34.6 cm³/mol. The maximum atomic E-state index is 4.14.